The summed E-state index contributed by atoms with van der Waals surface area (Å²) in [5.41, 5.74) is 3.73. The first kappa shape index (κ1) is 20.0. The molecule has 0 spiro atoms. The molecule has 6 heteroatoms. The van der Waals surface area contributed by atoms with Crippen LogP contribution in [0.5, 0.6) is 11.5 Å². The third kappa shape index (κ3) is 3.99. The van der Waals surface area contributed by atoms with Crippen LogP contribution in [-0.4, -0.2) is 39.1 Å². The maximum atomic E-state index is 12.1. The molecule has 1 atom stereocenters. The van der Waals surface area contributed by atoms with Crippen LogP contribution in [0.1, 0.15) is 24.5 Å². The van der Waals surface area contributed by atoms with Gasteiger partial charge < -0.3 is 9.64 Å². The summed E-state index contributed by atoms with van der Waals surface area (Å²) in [4.78, 5) is 19.0. The summed E-state index contributed by atoms with van der Waals surface area (Å²) in [5, 5.41) is 8.34. The maximum absolute atomic E-state index is 12.1. The fourth-order valence-corrected chi connectivity index (χ4v) is 4.24. The van der Waals surface area contributed by atoms with Crippen LogP contribution in [0.25, 0.3) is 22.2 Å². The van der Waals surface area contributed by atoms with Gasteiger partial charge in [0.2, 0.25) is 5.91 Å². The molecule has 1 N–H and O–H groups in total. The molecule has 1 aliphatic heterocycles. The fraction of sp³-hybridized carbons (Fsp3) is 0.192. The summed E-state index contributed by atoms with van der Waals surface area (Å²) in [7, 11) is 0. The normalized spacial score (nSPS) is 16.1. The average molecular weight is 425 g/mol. The molecule has 1 aliphatic rings. The highest BCUT2D eigenvalue weighted by Crippen LogP contribution is 2.33. The number of nitrogens with one attached hydrogen (secondary N) is 1. The van der Waals surface area contributed by atoms with Gasteiger partial charge in [-0.1, -0.05) is 24.8 Å². The number of hydrogen-bond acceptors (Lipinski definition) is 4. The number of piperidine rings is 1. The van der Waals surface area contributed by atoms with Crippen LogP contribution in [0.15, 0.2) is 79.5 Å². The summed E-state index contributed by atoms with van der Waals surface area (Å²) >= 11 is 0. The van der Waals surface area contributed by atoms with Gasteiger partial charge in [0.15, 0.2) is 0 Å². The van der Waals surface area contributed by atoms with E-state index in [-0.39, 0.29) is 11.8 Å². The number of para-hydroxylation sites is 1. The second kappa shape index (κ2) is 8.67. The molecule has 160 valence electrons. The summed E-state index contributed by atoms with van der Waals surface area (Å²) in [6.07, 6.45) is 5.17. The van der Waals surface area contributed by atoms with Gasteiger partial charge in [-0.2, -0.15) is 5.10 Å². The average Bonchev–Trinajstić information content (AvgIpc) is 3.33. The van der Waals surface area contributed by atoms with Crippen LogP contribution in [0, 0.1) is 0 Å². The molecule has 3 heterocycles. The third-order valence-electron chi connectivity index (χ3n) is 5.88. The molecule has 1 fully saturated rings. The molecule has 1 saturated heterocycles. The number of amides is 1. The molecular formula is C26H24N4O2. The minimum atomic E-state index is -0.0201. The summed E-state index contributed by atoms with van der Waals surface area (Å²) < 4.78 is 5.92. The molecule has 2 aromatic heterocycles. The molecule has 2 aromatic carbocycles. The predicted octanol–water partition coefficient (Wildman–Crippen LogP) is 5.31. The zero-order valence-corrected chi connectivity index (χ0v) is 17.7. The second-order valence-corrected chi connectivity index (χ2v) is 8.00. The van der Waals surface area contributed by atoms with E-state index < -0.39 is 0 Å². The SMILES string of the molecule is C=CC(=O)N1CCCC(c2cc3cn[nH]c3c(-c3ccc(Oc4ccccc4)cc3)n2)C1. The van der Waals surface area contributed by atoms with Crippen LogP contribution in [-0.2, 0) is 4.79 Å². The van der Waals surface area contributed by atoms with Gasteiger partial charge in [-0.15, -0.1) is 0 Å². The zero-order valence-electron chi connectivity index (χ0n) is 17.7. The molecule has 1 unspecified atom stereocenters. The number of carbonyl (C=O) groups is 1. The lowest BCUT2D eigenvalue weighted by atomic mass is 9.93. The molecule has 0 saturated carbocycles. The van der Waals surface area contributed by atoms with Gasteiger partial charge in [0.05, 0.1) is 17.4 Å². The molecule has 0 aliphatic carbocycles. The first-order valence-electron chi connectivity index (χ1n) is 10.8. The number of benzene rings is 2. The van der Waals surface area contributed by atoms with Crippen LogP contribution in [0.2, 0.25) is 0 Å². The number of likely N-dealkylation sites (tertiary alicyclic amines) is 1. The summed E-state index contributed by atoms with van der Waals surface area (Å²) in [6, 6.07) is 19.7. The quantitative estimate of drug-likeness (QED) is 0.441. The van der Waals surface area contributed by atoms with Gasteiger partial charge in [-0.3, -0.25) is 14.9 Å². The number of rotatable bonds is 5. The van der Waals surface area contributed by atoms with Crippen molar-refractivity contribution in [1.82, 2.24) is 20.1 Å². The van der Waals surface area contributed by atoms with Crippen molar-refractivity contribution in [3.8, 4) is 22.8 Å². The van der Waals surface area contributed by atoms with Crippen molar-refractivity contribution in [3.63, 3.8) is 0 Å². The van der Waals surface area contributed by atoms with Crippen molar-refractivity contribution in [2.24, 2.45) is 0 Å². The number of carbonyl (C=O) groups excluding carboxylic acids is 1. The number of fused-ring (bicyclic) bond motifs is 1. The first-order chi connectivity index (χ1) is 15.7. The molecule has 0 radical (unpaired) electrons. The standard InChI is InChI=1S/C26H24N4O2/c1-2-24(31)30-14-6-7-19(17-30)23-15-20-16-27-29-26(20)25(28-23)18-10-12-22(13-11-18)32-21-8-4-3-5-9-21/h2-5,8-13,15-16,19H,1,6-7,14,17H2,(H,27,29). The second-order valence-electron chi connectivity index (χ2n) is 8.00. The van der Waals surface area contributed by atoms with Crippen molar-refractivity contribution >= 4 is 16.8 Å². The number of ether oxygens (including phenoxy) is 1. The topological polar surface area (TPSA) is 71.1 Å². The number of nitrogens with zero attached hydrogens (tertiary/aromatic N) is 3. The van der Waals surface area contributed by atoms with E-state index in [1.807, 2.05) is 65.7 Å². The van der Waals surface area contributed by atoms with E-state index in [4.69, 9.17) is 9.72 Å². The van der Waals surface area contributed by atoms with E-state index in [9.17, 15) is 4.79 Å². The summed E-state index contributed by atoms with van der Waals surface area (Å²) in [5.74, 6) is 1.73. The monoisotopic (exact) mass is 424 g/mol. The Balaban J connectivity index is 1.46. The van der Waals surface area contributed by atoms with Crippen LogP contribution in [0.3, 0.4) is 0 Å². The molecular weight excluding hydrogens is 400 g/mol. The fourth-order valence-electron chi connectivity index (χ4n) is 4.24. The lowest BCUT2D eigenvalue weighted by molar-refractivity contribution is -0.127. The van der Waals surface area contributed by atoms with Crippen molar-refractivity contribution < 1.29 is 9.53 Å². The third-order valence-corrected chi connectivity index (χ3v) is 5.88. The Morgan fingerprint density at radius 3 is 2.69 bits per heavy atom. The molecule has 6 nitrogen and oxygen atoms in total. The van der Waals surface area contributed by atoms with Crippen LogP contribution < -0.4 is 4.74 Å². The van der Waals surface area contributed by atoms with Gasteiger partial charge in [0, 0.05) is 35.7 Å². The Morgan fingerprint density at radius 1 is 1.12 bits per heavy atom. The highest BCUT2D eigenvalue weighted by Gasteiger charge is 2.25. The van der Waals surface area contributed by atoms with Crippen molar-refractivity contribution in [2.75, 3.05) is 13.1 Å². The Kier molecular flexibility index (Phi) is 5.42. The first-order valence-corrected chi connectivity index (χ1v) is 10.8. The Bertz CT molecular complexity index is 1250. The van der Waals surface area contributed by atoms with E-state index in [1.54, 1.807) is 0 Å². The largest absolute Gasteiger partial charge is 0.457 e. The van der Waals surface area contributed by atoms with Gasteiger partial charge in [0.1, 0.15) is 11.5 Å². The smallest absolute Gasteiger partial charge is 0.245 e. The maximum Gasteiger partial charge on any atom is 0.245 e. The number of aromatic nitrogens is 3. The van der Waals surface area contributed by atoms with Gasteiger partial charge >= 0.3 is 0 Å². The Morgan fingerprint density at radius 2 is 1.91 bits per heavy atom. The van der Waals surface area contributed by atoms with Gasteiger partial charge in [-0.25, -0.2) is 0 Å². The van der Waals surface area contributed by atoms with Crippen molar-refractivity contribution in [2.45, 2.75) is 18.8 Å². The minimum Gasteiger partial charge on any atom is -0.457 e. The minimum absolute atomic E-state index is 0.0201. The van der Waals surface area contributed by atoms with E-state index >= 15 is 0 Å². The Hall–Kier alpha value is -3.93. The van der Waals surface area contributed by atoms with E-state index in [0.717, 1.165) is 58.7 Å². The van der Waals surface area contributed by atoms with Gasteiger partial charge in [-0.05, 0) is 61.4 Å². The van der Waals surface area contributed by atoms with E-state index in [0.29, 0.717) is 6.54 Å². The van der Waals surface area contributed by atoms with Gasteiger partial charge in [0.25, 0.3) is 0 Å². The molecule has 5 rings (SSSR count). The van der Waals surface area contributed by atoms with Crippen molar-refractivity contribution in [3.05, 3.63) is 85.2 Å². The number of H-pyrrole nitrogens is 1. The number of pyridine rings is 1. The molecule has 4 aromatic rings. The van der Waals surface area contributed by atoms with Crippen molar-refractivity contribution in [1.29, 1.82) is 0 Å². The lowest BCUT2D eigenvalue weighted by Crippen LogP contribution is -2.38. The van der Waals surface area contributed by atoms with E-state index in [1.165, 1.54) is 6.08 Å². The van der Waals surface area contributed by atoms with E-state index in [2.05, 4.69) is 22.8 Å². The molecule has 0 bridgehead atoms. The zero-order chi connectivity index (χ0) is 21.9. The summed E-state index contributed by atoms with van der Waals surface area (Å²) in [6.45, 7) is 5.05. The number of hydrogen-bond donors (Lipinski definition) is 1. The highest BCUT2D eigenvalue weighted by molar-refractivity contribution is 5.91. The lowest BCUT2D eigenvalue weighted by Gasteiger charge is -2.32. The Labute approximate surface area is 186 Å². The highest BCUT2D eigenvalue weighted by atomic mass is 16.5. The molecule has 1 amide bonds. The number of aromatic amines is 1. The molecule has 32 heavy (non-hydrogen) atoms. The van der Waals surface area contributed by atoms with Crippen LogP contribution in [0.4, 0.5) is 0 Å². The predicted molar refractivity (Wildman–Crippen MR) is 125 cm³/mol. The van der Waals surface area contributed by atoms with Crippen LogP contribution >= 0.6 is 0 Å².